The van der Waals surface area contributed by atoms with Gasteiger partial charge in [0, 0.05) is 6.04 Å². The van der Waals surface area contributed by atoms with Crippen LogP contribution in [0.4, 0.5) is 4.39 Å². The second-order valence-electron chi connectivity index (χ2n) is 6.02. The van der Waals surface area contributed by atoms with Gasteiger partial charge in [-0.25, -0.2) is 4.39 Å². The molecule has 0 unspecified atom stereocenters. The van der Waals surface area contributed by atoms with Crippen LogP contribution in [0.25, 0.3) is 11.7 Å². The van der Waals surface area contributed by atoms with Gasteiger partial charge >= 0.3 is 0 Å². The summed E-state index contributed by atoms with van der Waals surface area (Å²) in [5, 5.41) is 8.16. The highest BCUT2D eigenvalue weighted by Crippen LogP contribution is 2.32. The molecule has 6 heteroatoms. The van der Waals surface area contributed by atoms with E-state index in [4.69, 9.17) is 8.83 Å². The molecule has 0 amide bonds. The van der Waals surface area contributed by atoms with Crippen LogP contribution in [0.2, 0.25) is 0 Å². The average molecular weight is 327 g/mol. The van der Waals surface area contributed by atoms with E-state index in [0.717, 1.165) is 31.4 Å². The molecule has 1 aliphatic heterocycles. The van der Waals surface area contributed by atoms with Crippen molar-refractivity contribution in [1.82, 2.24) is 15.1 Å². The van der Waals surface area contributed by atoms with Crippen LogP contribution in [0.5, 0.6) is 0 Å². The van der Waals surface area contributed by atoms with Crippen LogP contribution < -0.4 is 0 Å². The van der Waals surface area contributed by atoms with E-state index < -0.39 is 0 Å². The average Bonchev–Trinajstić information content (AvgIpc) is 3.26. The molecule has 0 aliphatic carbocycles. The predicted molar refractivity (Wildman–Crippen MR) is 85.4 cm³/mol. The molecule has 1 aliphatic rings. The third kappa shape index (κ3) is 3.10. The third-order valence-corrected chi connectivity index (χ3v) is 4.38. The van der Waals surface area contributed by atoms with E-state index in [0.29, 0.717) is 24.1 Å². The van der Waals surface area contributed by atoms with Gasteiger partial charge in [-0.1, -0.05) is 18.6 Å². The minimum Gasteiger partial charge on any atom is -0.459 e. The number of hydrogen-bond acceptors (Lipinski definition) is 5. The van der Waals surface area contributed by atoms with Crippen LogP contribution in [0.1, 0.15) is 36.8 Å². The van der Waals surface area contributed by atoms with Gasteiger partial charge in [0.1, 0.15) is 5.82 Å². The number of furan rings is 1. The van der Waals surface area contributed by atoms with Gasteiger partial charge in [-0.2, -0.15) is 0 Å². The zero-order valence-electron chi connectivity index (χ0n) is 13.2. The molecule has 4 rings (SSSR count). The summed E-state index contributed by atoms with van der Waals surface area (Å²) in [5.41, 5.74) is 1.00. The summed E-state index contributed by atoms with van der Waals surface area (Å²) in [6, 6.07) is 10.6. The second kappa shape index (κ2) is 6.57. The Morgan fingerprint density at radius 1 is 1.17 bits per heavy atom. The molecule has 1 fully saturated rings. The number of hydrogen-bond donors (Lipinski definition) is 0. The van der Waals surface area contributed by atoms with Crippen molar-refractivity contribution in [2.75, 3.05) is 6.54 Å². The fraction of sp³-hybridized carbons (Fsp3) is 0.333. The Hall–Kier alpha value is -2.47. The SMILES string of the molecule is Fc1cccc([C@@H]2CCCCN2Cc2nnc(-c3ccco3)o2)c1. The Balaban J connectivity index is 1.53. The number of piperidine rings is 1. The van der Waals surface area contributed by atoms with Gasteiger partial charge in [-0.3, -0.25) is 4.90 Å². The summed E-state index contributed by atoms with van der Waals surface area (Å²) in [4.78, 5) is 2.28. The van der Waals surface area contributed by atoms with Gasteiger partial charge in [-0.15, -0.1) is 10.2 Å². The molecule has 5 nitrogen and oxygen atoms in total. The lowest BCUT2D eigenvalue weighted by Crippen LogP contribution is -2.33. The van der Waals surface area contributed by atoms with Crippen molar-refractivity contribution in [2.24, 2.45) is 0 Å². The van der Waals surface area contributed by atoms with Crippen LogP contribution in [-0.2, 0) is 6.54 Å². The number of benzene rings is 1. The largest absolute Gasteiger partial charge is 0.459 e. The molecular formula is C18H18FN3O2. The molecule has 1 aromatic carbocycles. The summed E-state index contributed by atoms with van der Waals surface area (Å²) in [6.45, 7) is 1.48. The van der Waals surface area contributed by atoms with Crippen LogP contribution in [-0.4, -0.2) is 21.6 Å². The Morgan fingerprint density at radius 3 is 2.96 bits per heavy atom. The summed E-state index contributed by atoms with van der Waals surface area (Å²) >= 11 is 0. The van der Waals surface area contributed by atoms with E-state index in [1.54, 1.807) is 30.5 Å². The molecule has 124 valence electrons. The topological polar surface area (TPSA) is 55.3 Å². The van der Waals surface area contributed by atoms with Crippen molar-refractivity contribution in [3.8, 4) is 11.7 Å². The van der Waals surface area contributed by atoms with Crippen molar-refractivity contribution in [1.29, 1.82) is 0 Å². The molecule has 0 radical (unpaired) electrons. The van der Waals surface area contributed by atoms with E-state index in [9.17, 15) is 4.39 Å². The van der Waals surface area contributed by atoms with Crippen molar-refractivity contribution < 1.29 is 13.2 Å². The molecule has 3 heterocycles. The molecule has 0 bridgehead atoms. The number of rotatable bonds is 4. The molecular weight excluding hydrogens is 309 g/mol. The smallest absolute Gasteiger partial charge is 0.283 e. The number of nitrogens with zero attached hydrogens (tertiary/aromatic N) is 3. The zero-order valence-corrected chi connectivity index (χ0v) is 13.2. The van der Waals surface area contributed by atoms with Gasteiger partial charge < -0.3 is 8.83 Å². The number of aromatic nitrogens is 2. The minimum atomic E-state index is -0.198. The molecule has 2 aromatic heterocycles. The molecule has 1 saturated heterocycles. The lowest BCUT2D eigenvalue weighted by atomic mass is 9.95. The maximum Gasteiger partial charge on any atom is 0.283 e. The summed E-state index contributed by atoms with van der Waals surface area (Å²) in [5.74, 6) is 1.30. The van der Waals surface area contributed by atoms with Crippen LogP contribution in [0.3, 0.4) is 0 Å². The van der Waals surface area contributed by atoms with E-state index in [2.05, 4.69) is 15.1 Å². The Bertz CT molecular complexity index is 800. The van der Waals surface area contributed by atoms with Gasteiger partial charge in [0.25, 0.3) is 5.89 Å². The first-order valence-corrected chi connectivity index (χ1v) is 8.15. The quantitative estimate of drug-likeness (QED) is 0.719. The highest BCUT2D eigenvalue weighted by Gasteiger charge is 2.26. The molecule has 24 heavy (non-hydrogen) atoms. The van der Waals surface area contributed by atoms with Gasteiger partial charge in [0.05, 0.1) is 12.8 Å². The summed E-state index contributed by atoms with van der Waals surface area (Å²) in [7, 11) is 0. The minimum absolute atomic E-state index is 0.174. The number of halogens is 1. The predicted octanol–water partition coefficient (Wildman–Crippen LogP) is 4.20. The maximum absolute atomic E-state index is 13.6. The lowest BCUT2D eigenvalue weighted by Gasteiger charge is -2.35. The van der Waals surface area contributed by atoms with Crippen molar-refractivity contribution in [3.05, 3.63) is 59.9 Å². The normalized spacial score (nSPS) is 18.8. The van der Waals surface area contributed by atoms with Crippen molar-refractivity contribution >= 4 is 0 Å². The first-order valence-electron chi connectivity index (χ1n) is 8.15. The van der Waals surface area contributed by atoms with E-state index in [1.165, 1.54) is 6.07 Å². The lowest BCUT2D eigenvalue weighted by molar-refractivity contribution is 0.127. The van der Waals surface area contributed by atoms with Crippen LogP contribution >= 0.6 is 0 Å². The van der Waals surface area contributed by atoms with E-state index >= 15 is 0 Å². The highest BCUT2D eigenvalue weighted by molar-refractivity contribution is 5.42. The van der Waals surface area contributed by atoms with Crippen molar-refractivity contribution in [3.63, 3.8) is 0 Å². The fourth-order valence-electron chi connectivity index (χ4n) is 3.26. The molecule has 1 atom stereocenters. The second-order valence-corrected chi connectivity index (χ2v) is 6.02. The fourth-order valence-corrected chi connectivity index (χ4v) is 3.26. The number of likely N-dealkylation sites (tertiary alicyclic amines) is 1. The summed E-state index contributed by atoms with van der Waals surface area (Å²) in [6.07, 6.45) is 4.83. The first-order chi connectivity index (χ1) is 11.8. The Labute approximate surface area is 139 Å². The Kier molecular flexibility index (Phi) is 4.13. The van der Waals surface area contributed by atoms with Crippen LogP contribution in [0, 0.1) is 5.82 Å². The zero-order chi connectivity index (χ0) is 16.4. The third-order valence-electron chi connectivity index (χ3n) is 4.38. The molecule has 0 N–H and O–H groups in total. The Morgan fingerprint density at radius 2 is 2.12 bits per heavy atom. The first kappa shape index (κ1) is 15.1. The van der Waals surface area contributed by atoms with Gasteiger partial charge in [0.15, 0.2) is 5.76 Å². The van der Waals surface area contributed by atoms with Gasteiger partial charge in [0.2, 0.25) is 5.89 Å². The van der Waals surface area contributed by atoms with E-state index in [1.807, 2.05) is 6.07 Å². The van der Waals surface area contributed by atoms with Crippen LogP contribution in [0.15, 0.2) is 51.5 Å². The summed E-state index contributed by atoms with van der Waals surface area (Å²) < 4.78 is 24.5. The highest BCUT2D eigenvalue weighted by atomic mass is 19.1. The molecule has 0 saturated carbocycles. The van der Waals surface area contributed by atoms with Crippen molar-refractivity contribution in [2.45, 2.75) is 31.8 Å². The molecule has 3 aromatic rings. The van der Waals surface area contributed by atoms with E-state index in [-0.39, 0.29) is 11.9 Å². The monoisotopic (exact) mass is 327 g/mol. The molecule has 0 spiro atoms. The standard InChI is InChI=1S/C18H18FN3O2/c19-14-6-3-5-13(11-14)15-7-1-2-9-22(15)12-17-20-21-18(24-17)16-8-4-10-23-16/h3-6,8,10-11,15H,1-2,7,9,12H2/t15-/m0/s1. The maximum atomic E-state index is 13.6. The van der Waals surface area contributed by atoms with Gasteiger partial charge in [-0.05, 0) is 49.2 Å².